The molecule has 1 N–H and O–H groups in total. The predicted molar refractivity (Wildman–Crippen MR) is 156 cm³/mol. The van der Waals surface area contributed by atoms with Crippen LogP contribution in [0.3, 0.4) is 0 Å². The summed E-state index contributed by atoms with van der Waals surface area (Å²) in [5.74, 6) is 0.661. The topological polar surface area (TPSA) is 82.2 Å². The van der Waals surface area contributed by atoms with Gasteiger partial charge in [-0.3, -0.25) is 14.4 Å². The van der Waals surface area contributed by atoms with Gasteiger partial charge < -0.3 is 24.8 Å². The van der Waals surface area contributed by atoms with E-state index in [1.165, 1.54) is 0 Å². The summed E-state index contributed by atoms with van der Waals surface area (Å²) in [6.45, 7) is 2.95. The number of anilines is 2. The predicted octanol–water partition coefficient (Wildman–Crippen LogP) is 4.67. The van der Waals surface area contributed by atoms with Gasteiger partial charge in [0.15, 0.2) is 0 Å². The number of hydrogen-bond donors (Lipinski definition) is 1. The van der Waals surface area contributed by atoms with Crippen LogP contribution in [0.1, 0.15) is 45.5 Å². The van der Waals surface area contributed by atoms with E-state index in [9.17, 15) is 14.4 Å². The van der Waals surface area contributed by atoms with Gasteiger partial charge in [-0.2, -0.15) is 0 Å². The fraction of sp³-hybridized carbons (Fsp3) is 0.344. The number of ether oxygens (including phenoxy) is 1. The summed E-state index contributed by atoms with van der Waals surface area (Å²) in [6.07, 6.45) is 2.60. The van der Waals surface area contributed by atoms with Gasteiger partial charge in [0.2, 0.25) is 5.91 Å². The Labute approximate surface area is 235 Å². The molecule has 1 aliphatic heterocycles. The van der Waals surface area contributed by atoms with Crippen molar-refractivity contribution >= 4 is 29.1 Å². The van der Waals surface area contributed by atoms with E-state index < -0.39 is 0 Å². The van der Waals surface area contributed by atoms with Crippen LogP contribution in [0.4, 0.5) is 11.4 Å². The van der Waals surface area contributed by atoms with Gasteiger partial charge in [0.25, 0.3) is 11.8 Å². The lowest BCUT2D eigenvalue weighted by molar-refractivity contribution is -0.117. The molecule has 0 unspecified atom stereocenters. The van der Waals surface area contributed by atoms with E-state index in [4.69, 9.17) is 4.74 Å². The molecule has 8 nitrogen and oxygen atoms in total. The molecule has 208 valence electrons. The van der Waals surface area contributed by atoms with Crippen molar-refractivity contribution in [3.63, 3.8) is 0 Å². The Morgan fingerprint density at radius 2 is 1.68 bits per heavy atom. The van der Waals surface area contributed by atoms with Crippen LogP contribution < -0.4 is 15.0 Å². The Hall–Kier alpha value is -4.33. The minimum absolute atomic E-state index is 0.00578. The average molecular weight is 541 g/mol. The summed E-state index contributed by atoms with van der Waals surface area (Å²) >= 11 is 0. The molecule has 1 saturated heterocycles. The largest absolute Gasteiger partial charge is 0.497 e. The highest BCUT2D eigenvalue weighted by atomic mass is 16.5. The van der Waals surface area contributed by atoms with Gasteiger partial charge in [-0.15, -0.1) is 0 Å². The normalized spacial score (nSPS) is 15.2. The first-order valence-corrected chi connectivity index (χ1v) is 13.9. The van der Waals surface area contributed by atoms with Gasteiger partial charge in [-0.25, -0.2) is 0 Å². The fourth-order valence-corrected chi connectivity index (χ4v) is 5.06. The van der Waals surface area contributed by atoms with Crippen LogP contribution in [0.25, 0.3) is 0 Å². The molecule has 1 saturated carbocycles. The number of benzene rings is 3. The van der Waals surface area contributed by atoms with Gasteiger partial charge >= 0.3 is 0 Å². The minimum atomic E-state index is -0.114. The Bertz CT molecular complexity index is 1360. The van der Waals surface area contributed by atoms with E-state index >= 15 is 0 Å². The van der Waals surface area contributed by atoms with E-state index in [2.05, 4.69) is 10.2 Å². The molecule has 3 amide bonds. The Morgan fingerprint density at radius 1 is 0.925 bits per heavy atom. The zero-order chi connectivity index (χ0) is 28.1. The van der Waals surface area contributed by atoms with E-state index in [-0.39, 0.29) is 23.6 Å². The van der Waals surface area contributed by atoms with E-state index in [1.807, 2.05) is 47.4 Å². The number of hydrogen-bond acceptors (Lipinski definition) is 5. The third-order valence-corrected chi connectivity index (χ3v) is 7.51. The second-order valence-electron chi connectivity index (χ2n) is 10.5. The number of amides is 3. The van der Waals surface area contributed by atoms with Gasteiger partial charge in [-0.1, -0.05) is 30.3 Å². The molecule has 8 heteroatoms. The number of carbonyl (C=O) groups is 3. The van der Waals surface area contributed by atoms with E-state index in [0.717, 1.165) is 30.5 Å². The lowest BCUT2D eigenvalue weighted by atomic mass is 10.1. The van der Waals surface area contributed by atoms with Crippen LogP contribution >= 0.6 is 0 Å². The van der Waals surface area contributed by atoms with Crippen LogP contribution in [0, 0.1) is 5.92 Å². The highest BCUT2D eigenvalue weighted by Crippen LogP contribution is 2.32. The molecule has 3 aromatic rings. The Balaban J connectivity index is 1.35. The number of rotatable bonds is 8. The van der Waals surface area contributed by atoms with Crippen molar-refractivity contribution in [2.75, 3.05) is 50.6 Å². The zero-order valence-corrected chi connectivity index (χ0v) is 23.1. The molecule has 1 heterocycles. The highest BCUT2D eigenvalue weighted by Gasteiger charge is 2.30. The summed E-state index contributed by atoms with van der Waals surface area (Å²) in [5.41, 5.74) is 3.65. The van der Waals surface area contributed by atoms with Gasteiger partial charge in [-0.05, 0) is 67.3 Å². The van der Waals surface area contributed by atoms with Crippen molar-refractivity contribution < 1.29 is 19.1 Å². The molecule has 2 aliphatic rings. The van der Waals surface area contributed by atoms with Crippen molar-refractivity contribution in [2.24, 2.45) is 5.92 Å². The molecule has 40 heavy (non-hydrogen) atoms. The minimum Gasteiger partial charge on any atom is -0.497 e. The molecule has 3 aromatic carbocycles. The molecule has 0 spiro atoms. The first kappa shape index (κ1) is 27.2. The quantitative estimate of drug-likeness (QED) is 0.449. The maximum Gasteiger partial charge on any atom is 0.256 e. The van der Waals surface area contributed by atoms with E-state index in [1.54, 1.807) is 49.4 Å². The van der Waals surface area contributed by atoms with Crippen LogP contribution in [-0.4, -0.2) is 67.9 Å². The lowest BCUT2D eigenvalue weighted by Gasteiger charge is -2.28. The van der Waals surface area contributed by atoms with Crippen molar-refractivity contribution in [1.82, 2.24) is 9.80 Å². The number of nitrogens with one attached hydrogen (secondary N) is 1. The molecule has 1 aliphatic carbocycles. The zero-order valence-electron chi connectivity index (χ0n) is 23.1. The average Bonchev–Trinajstić information content (AvgIpc) is 3.85. The fourth-order valence-electron chi connectivity index (χ4n) is 5.06. The van der Waals surface area contributed by atoms with Crippen LogP contribution in [0.5, 0.6) is 5.75 Å². The van der Waals surface area contributed by atoms with Crippen LogP contribution in [0.2, 0.25) is 0 Å². The van der Waals surface area contributed by atoms with Crippen molar-refractivity contribution in [2.45, 2.75) is 25.8 Å². The van der Waals surface area contributed by atoms with Crippen molar-refractivity contribution in [1.29, 1.82) is 0 Å². The molecule has 0 atom stereocenters. The smallest absolute Gasteiger partial charge is 0.256 e. The van der Waals surface area contributed by atoms with E-state index in [0.29, 0.717) is 55.3 Å². The molecule has 0 bridgehead atoms. The van der Waals surface area contributed by atoms with Gasteiger partial charge in [0.05, 0.1) is 12.7 Å². The van der Waals surface area contributed by atoms with Gasteiger partial charge in [0.1, 0.15) is 5.75 Å². The number of nitrogens with zero attached hydrogens (tertiary/aromatic N) is 3. The third-order valence-electron chi connectivity index (χ3n) is 7.51. The monoisotopic (exact) mass is 540 g/mol. The molecule has 0 aromatic heterocycles. The maximum atomic E-state index is 13.8. The third kappa shape index (κ3) is 6.45. The Morgan fingerprint density at radius 3 is 2.38 bits per heavy atom. The standard InChI is InChI=1S/C32H36N4O4/c1-34(22-23-7-4-3-5-8-23)32(39)28-21-26(33-30(37)24-9-10-24)13-16-29(28)35-17-6-18-36(20-19-35)31(38)25-11-14-27(40-2)15-12-25/h3-5,7-8,11-16,21,24H,6,9-10,17-20,22H2,1-2H3,(H,33,37). The van der Waals surface area contributed by atoms with Crippen LogP contribution in [0.15, 0.2) is 72.8 Å². The molecule has 2 fully saturated rings. The summed E-state index contributed by atoms with van der Waals surface area (Å²) < 4.78 is 5.22. The first-order chi connectivity index (χ1) is 19.4. The summed E-state index contributed by atoms with van der Waals surface area (Å²) in [5, 5.41) is 2.99. The SMILES string of the molecule is COc1ccc(C(=O)N2CCCN(c3ccc(NC(=O)C4CC4)cc3C(=O)N(C)Cc3ccccc3)CC2)cc1. The summed E-state index contributed by atoms with van der Waals surface area (Å²) in [7, 11) is 3.40. The van der Waals surface area contributed by atoms with Crippen molar-refractivity contribution in [3.05, 3.63) is 89.5 Å². The number of carbonyl (C=O) groups excluding carboxylic acids is 3. The molecular formula is C32H36N4O4. The Kier molecular flexibility index (Phi) is 8.34. The number of methoxy groups -OCH3 is 1. The first-order valence-electron chi connectivity index (χ1n) is 13.9. The summed E-state index contributed by atoms with van der Waals surface area (Å²) in [6, 6.07) is 22.6. The second-order valence-corrected chi connectivity index (χ2v) is 10.5. The van der Waals surface area contributed by atoms with Crippen molar-refractivity contribution in [3.8, 4) is 5.75 Å². The van der Waals surface area contributed by atoms with Gasteiger partial charge in [0, 0.05) is 62.6 Å². The lowest BCUT2D eigenvalue weighted by Crippen LogP contribution is -2.36. The highest BCUT2D eigenvalue weighted by molar-refractivity contribution is 6.02. The molecule has 5 rings (SSSR count). The molecular weight excluding hydrogens is 504 g/mol. The summed E-state index contributed by atoms with van der Waals surface area (Å²) in [4.78, 5) is 45.2. The maximum absolute atomic E-state index is 13.8. The van der Waals surface area contributed by atoms with Crippen LogP contribution in [-0.2, 0) is 11.3 Å². The molecule has 0 radical (unpaired) electrons. The second kappa shape index (κ2) is 12.2.